The predicted octanol–water partition coefficient (Wildman–Crippen LogP) is 5.16. The number of methoxy groups -OCH3 is 1. The Kier molecular flexibility index (Phi) is 6.31. The Hall–Kier alpha value is -3.86. The topological polar surface area (TPSA) is 49.9 Å². The molecule has 0 saturated carbocycles. The molecule has 1 atom stereocenters. The Labute approximate surface area is 194 Å². The molecule has 0 unspecified atom stereocenters. The van der Waals surface area contributed by atoms with Crippen LogP contribution in [0.15, 0.2) is 78.4 Å². The van der Waals surface area contributed by atoms with Crippen LogP contribution in [0.2, 0.25) is 0 Å². The van der Waals surface area contributed by atoms with Crippen molar-refractivity contribution in [3.05, 3.63) is 95.1 Å². The molecule has 1 aliphatic heterocycles. The van der Waals surface area contributed by atoms with Gasteiger partial charge < -0.3 is 9.64 Å². The summed E-state index contributed by atoms with van der Waals surface area (Å²) in [5.74, 6) is 0.251. The minimum Gasteiger partial charge on any atom is -0.495 e. The van der Waals surface area contributed by atoms with Gasteiger partial charge in [-0.25, -0.2) is 0 Å². The van der Waals surface area contributed by atoms with Crippen LogP contribution in [-0.4, -0.2) is 31.5 Å². The fourth-order valence-electron chi connectivity index (χ4n) is 4.32. The van der Waals surface area contributed by atoms with Gasteiger partial charge in [0.2, 0.25) is 5.91 Å². The van der Waals surface area contributed by atoms with E-state index in [0.29, 0.717) is 11.4 Å². The molecule has 5 nitrogen and oxygen atoms in total. The summed E-state index contributed by atoms with van der Waals surface area (Å²) in [6.07, 6.45) is 1.96. The van der Waals surface area contributed by atoms with Crippen molar-refractivity contribution in [1.82, 2.24) is 0 Å². The van der Waals surface area contributed by atoms with E-state index in [1.54, 1.807) is 23.0 Å². The number of anilines is 2. The van der Waals surface area contributed by atoms with E-state index in [9.17, 15) is 9.59 Å². The van der Waals surface area contributed by atoms with Crippen molar-refractivity contribution in [2.75, 3.05) is 23.5 Å². The summed E-state index contributed by atoms with van der Waals surface area (Å²) in [7, 11) is 1.57. The van der Waals surface area contributed by atoms with Gasteiger partial charge in [-0.3, -0.25) is 14.5 Å². The first-order valence-electron chi connectivity index (χ1n) is 11.0. The summed E-state index contributed by atoms with van der Waals surface area (Å²) in [4.78, 5) is 30.8. The lowest BCUT2D eigenvalue weighted by Crippen LogP contribution is -2.61. The fraction of sp³-hybridized carbons (Fsp3) is 0.214. The summed E-state index contributed by atoms with van der Waals surface area (Å²) in [5.41, 5.74) is 5.18. The van der Waals surface area contributed by atoms with Crippen LogP contribution in [0.4, 0.5) is 11.4 Å². The van der Waals surface area contributed by atoms with Gasteiger partial charge >= 0.3 is 0 Å². The third kappa shape index (κ3) is 4.27. The highest BCUT2D eigenvalue weighted by atomic mass is 16.5. The fourth-order valence-corrected chi connectivity index (χ4v) is 4.32. The summed E-state index contributed by atoms with van der Waals surface area (Å²) in [6.45, 7) is 5.86. The molecule has 0 spiro atoms. The molecule has 4 rings (SSSR count). The molecule has 3 aromatic carbocycles. The maximum Gasteiger partial charge on any atom is 0.254 e. The molecular formula is C28H28N2O3. The van der Waals surface area contributed by atoms with Crippen molar-refractivity contribution in [3.63, 3.8) is 0 Å². The van der Waals surface area contributed by atoms with Gasteiger partial charge in [-0.05, 0) is 61.2 Å². The van der Waals surface area contributed by atoms with Gasteiger partial charge in [0.15, 0.2) is 0 Å². The van der Waals surface area contributed by atoms with Gasteiger partial charge in [-0.1, -0.05) is 60.7 Å². The number of para-hydroxylation sites is 2. The minimum absolute atomic E-state index is 0.0315. The van der Waals surface area contributed by atoms with Gasteiger partial charge in [0.1, 0.15) is 18.3 Å². The molecular weight excluding hydrogens is 412 g/mol. The molecule has 5 heteroatoms. The maximum absolute atomic E-state index is 14.0. The molecule has 0 radical (unpaired) electrons. The second-order valence-electron chi connectivity index (χ2n) is 8.28. The summed E-state index contributed by atoms with van der Waals surface area (Å²) in [5, 5.41) is 0. The van der Waals surface area contributed by atoms with E-state index in [1.807, 2.05) is 93.6 Å². The molecule has 1 heterocycles. The number of aryl methyl sites for hydroxylation is 1. The number of hydrogen-bond acceptors (Lipinski definition) is 3. The van der Waals surface area contributed by atoms with Crippen molar-refractivity contribution in [1.29, 1.82) is 0 Å². The number of piperazine rings is 1. The van der Waals surface area contributed by atoms with E-state index in [0.717, 1.165) is 28.0 Å². The van der Waals surface area contributed by atoms with Crippen LogP contribution in [0, 0.1) is 13.8 Å². The number of benzene rings is 3. The molecule has 168 valence electrons. The van der Waals surface area contributed by atoms with Crippen LogP contribution in [0.1, 0.15) is 23.6 Å². The van der Waals surface area contributed by atoms with Crippen molar-refractivity contribution in [3.8, 4) is 5.75 Å². The number of nitrogens with zero attached hydrogens (tertiary/aromatic N) is 2. The van der Waals surface area contributed by atoms with E-state index in [4.69, 9.17) is 4.74 Å². The molecule has 1 saturated heterocycles. The van der Waals surface area contributed by atoms with E-state index < -0.39 is 6.04 Å². The van der Waals surface area contributed by atoms with Gasteiger partial charge in [-0.2, -0.15) is 0 Å². The van der Waals surface area contributed by atoms with Crippen LogP contribution in [0.3, 0.4) is 0 Å². The SMILES string of the molecule is COc1ccccc1N1C(=O)CN(c2cccc(C)c2C)C(=O)[C@@H]1/C(C)=C/c1ccccc1. The normalized spacial score (nSPS) is 16.8. The highest BCUT2D eigenvalue weighted by Gasteiger charge is 2.43. The number of ether oxygens (including phenoxy) is 1. The van der Waals surface area contributed by atoms with Crippen LogP contribution >= 0.6 is 0 Å². The minimum atomic E-state index is -0.789. The van der Waals surface area contributed by atoms with Crippen LogP contribution in [0.25, 0.3) is 6.08 Å². The summed E-state index contributed by atoms with van der Waals surface area (Å²) >= 11 is 0. The van der Waals surface area contributed by atoms with Crippen molar-refractivity contribution >= 4 is 29.3 Å². The maximum atomic E-state index is 14.0. The second-order valence-corrected chi connectivity index (χ2v) is 8.28. The molecule has 0 bridgehead atoms. The number of carbonyl (C=O) groups is 2. The average Bonchev–Trinajstić information content (AvgIpc) is 2.82. The highest BCUT2D eigenvalue weighted by molar-refractivity contribution is 6.16. The highest BCUT2D eigenvalue weighted by Crippen LogP contribution is 2.36. The van der Waals surface area contributed by atoms with Gasteiger partial charge in [-0.15, -0.1) is 0 Å². The van der Waals surface area contributed by atoms with Gasteiger partial charge in [0.25, 0.3) is 5.91 Å². The molecule has 3 aromatic rings. The van der Waals surface area contributed by atoms with Gasteiger partial charge in [0.05, 0.1) is 12.8 Å². The van der Waals surface area contributed by atoms with E-state index in [1.165, 1.54) is 0 Å². The Morgan fingerprint density at radius 2 is 1.58 bits per heavy atom. The first kappa shape index (κ1) is 22.3. The Morgan fingerprint density at radius 1 is 0.909 bits per heavy atom. The first-order valence-corrected chi connectivity index (χ1v) is 11.0. The lowest BCUT2D eigenvalue weighted by Gasteiger charge is -2.41. The third-order valence-electron chi connectivity index (χ3n) is 6.16. The van der Waals surface area contributed by atoms with E-state index in [-0.39, 0.29) is 18.4 Å². The number of rotatable bonds is 5. The zero-order chi connectivity index (χ0) is 23.5. The molecule has 1 fully saturated rings. The molecule has 2 amide bonds. The molecule has 1 aliphatic rings. The first-order chi connectivity index (χ1) is 15.9. The summed E-state index contributed by atoms with van der Waals surface area (Å²) < 4.78 is 5.54. The molecule has 0 aliphatic carbocycles. The Bertz CT molecular complexity index is 1220. The molecule has 0 N–H and O–H groups in total. The lowest BCUT2D eigenvalue weighted by atomic mass is 9.97. The summed E-state index contributed by atoms with van der Waals surface area (Å²) in [6, 6.07) is 22.2. The third-order valence-corrected chi connectivity index (χ3v) is 6.16. The Balaban J connectivity index is 1.85. The van der Waals surface area contributed by atoms with Crippen LogP contribution in [-0.2, 0) is 9.59 Å². The van der Waals surface area contributed by atoms with Crippen molar-refractivity contribution < 1.29 is 14.3 Å². The van der Waals surface area contributed by atoms with E-state index >= 15 is 0 Å². The van der Waals surface area contributed by atoms with Gasteiger partial charge in [0, 0.05) is 5.69 Å². The zero-order valence-electron chi connectivity index (χ0n) is 19.4. The van der Waals surface area contributed by atoms with Crippen molar-refractivity contribution in [2.45, 2.75) is 26.8 Å². The Morgan fingerprint density at radius 3 is 2.30 bits per heavy atom. The number of amides is 2. The monoisotopic (exact) mass is 440 g/mol. The zero-order valence-corrected chi connectivity index (χ0v) is 19.4. The van der Waals surface area contributed by atoms with E-state index in [2.05, 4.69) is 0 Å². The molecule has 33 heavy (non-hydrogen) atoms. The second kappa shape index (κ2) is 9.33. The quantitative estimate of drug-likeness (QED) is 0.550. The van der Waals surface area contributed by atoms with Crippen molar-refractivity contribution in [2.24, 2.45) is 0 Å². The standard InChI is InChI=1S/C28H28N2O3/c1-19-11-10-15-23(21(19)3)29-18-26(31)30(24-14-8-9-16-25(24)33-4)27(28(29)32)20(2)17-22-12-6-5-7-13-22/h5-17,27H,18H2,1-4H3/b20-17+/t27-/m0/s1. The average molecular weight is 441 g/mol. The van der Waals surface area contributed by atoms with Crippen LogP contribution in [0.5, 0.6) is 5.75 Å². The largest absolute Gasteiger partial charge is 0.495 e. The predicted molar refractivity (Wildman–Crippen MR) is 133 cm³/mol. The number of carbonyl (C=O) groups excluding carboxylic acids is 2. The lowest BCUT2D eigenvalue weighted by molar-refractivity contribution is -0.127. The van der Waals surface area contributed by atoms with Crippen LogP contribution < -0.4 is 14.5 Å². The number of hydrogen-bond donors (Lipinski definition) is 0. The smallest absolute Gasteiger partial charge is 0.254 e. The molecule has 0 aromatic heterocycles.